The molecule has 146 valence electrons. The smallest absolute Gasteiger partial charge is 0.324 e. The molecule has 2 rings (SSSR count). The summed E-state index contributed by atoms with van der Waals surface area (Å²) in [6.45, 7) is 12.9. The van der Waals surface area contributed by atoms with Crippen molar-refractivity contribution in [1.82, 2.24) is 4.98 Å². The van der Waals surface area contributed by atoms with Crippen LogP contribution in [-0.4, -0.2) is 17.6 Å². The number of unbranched alkanes of at least 4 members (excludes halogenated alkanes) is 1. The Morgan fingerprint density at radius 2 is 1.74 bits per heavy atom. The minimum absolute atomic E-state index is 0.304. The molecule has 0 aliphatic rings. The lowest BCUT2D eigenvalue weighted by Crippen LogP contribution is -2.21. The Bertz CT molecular complexity index is 783. The van der Waals surface area contributed by atoms with Gasteiger partial charge in [-0.05, 0) is 61.9 Å². The van der Waals surface area contributed by atoms with Crippen LogP contribution in [0, 0.1) is 20.8 Å². The van der Waals surface area contributed by atoms with Crippen LogP contribution in [0.2, 0.25) is 0 Å². The Labute approximate surface area is 162 Å². The van der Waals surface area contributed by atoms with Gasteiger partial charge >= 0.3 is 6.03 Å². The zero-order chi connectivity index (χ0) is 20.0. The summed E-state index contributed by atoms with van der Waals surface area (Å²) in [5.41, 5.74) is 4.70. The molecule has 0 aliphatic carbocycles. The SMILES string of the molecule is CCCCOc1c(C)nc(NC(=O)Nc2ccc(C(C)C)cc2)c(C)c1C. The standard InChI is InChI=1S/C22H31N3O2/c1-7-8-13-27-20-15(4)16(5)21(23-17(20)6)25-22(26)24-19-11-9-18(10-12-19)14(2)3/h9-12,14H,7-8,13H2,1-6H3,(H2,23,24,25,26). The number of hydrogen-bond donors (Lipinski definition) is 2. The Hall–Kier alpha value is -2.56. The summed E-state index contributed by atoms with van der Waals surface area (Å²) in [6, 6.07) is 7.58. The monoisotopic (exact) mass is 369 g/mol. The first-order valence-corrected chi connectivity index (χ1v) is 9.62. The van der Waals surface area contributed by atoms with Crippen LogP contribution in [0.25, 0.3) is 0 Å². The number of aryl methyl sites for hydroxylation is 1. The molecule has 0 atom stereocenters. The van der Waals surface area contributed by atoms with Gasteiger partial charge in [0.05, 0.1) is 12.3 Å². The number of ether oxygens (including phenoxy) is 1. The Morgan fingerprint density at radius 1 is 1.07 bits per heavy atom. The van der Waals surface area contributed by atoms with Crippen molar-refractivity contribution in [2.45, 2.75) is 60.3 Å². The second-order valence-corrected chi connectivity index (χ2v) is 7.18. The molecule has 0 saturated carbocycles. The molecule has 0 saturated heterocycles. The quantitative estimate of drug-likeness (QED) is 0.592. The third-order valence-electron chi connectivity index (χ3n) is 4.68. The number of nitrogens with one attached hydrogen (secondary N) is 2. The fourth-order valence-corrected chi connectivity index (χ4v) is 2.80. The minimum atomic E-state index is -0.304. The van der Waals surface area contributed by atoms with Gasteiger partial charge in [0.2, 0.25) is 0 Å². The third-order valence-corrected chi connectivity index (χ3v) is 4.68. The molecule has 0 spiro atoms. The number of nitrogens with zero attached hydrogens (tertiary/aromatic N) is 1. The lowest BCUT2D eigenvalue weighted by molar-refractivity contribution is 0.262. The van der Waals surface area contributed by atoms with E-state index in [-0.39, 0.29) is 6.03 Å². The average Bonchev–Trinajstić information content (AvgIpc) is 2.62. The van der Waals surface area contributed by atoms with Gasteiger partial charge in [0, 0.05) is 5.69 Å². The zero-order valence-corrected chi connectivity index (χ0v) is 17.3. The van der Waals surface area contributed by atoms with Gasteiger partial charge in [0.25, 0.3) is 0 Å². The van der Waals surface area contributed by atoms with Gasteiger partial charge in [-0.2, -0.15) is 0 Å². The topological polar surface area (TPSA) is 63.2 Å². The van der Waals surface area contributed by atoms with Crippen LogP contribution >= 0.6 is 0 Å². The molecule has 0 bridgehead atoms. The molecule has 27 heavy (non-hydrogen) atoms. The predicted octanol–water partition coefficient (Wildman–Crippen LogP) is 5.95. The van der Waals surface area contributed by atoms with Crippen molar-refractivity contribution in [3.63, 3.8) is 0 Å². The molecule has 5 nitrogen and oxygen atoms in total. The van der Waals surface area contributed by atoms with Crippen molar-refractivity contribution in [3.05, 3.63) is 46.6 Å². The summed E-state index contributed by atoms with van der Waals surface area (Å²) in [5, 5.41) is 5.71. The Kier molecular flexibility index (Phi) is 7.22. The summed E-state index contributed by atoms with van der Waals surface area (Å²) in [4.78, 5) is 16.9. The summed E-state index contributed by atoms with van der Waals surface area (Å²) in [5.74, 6) is 1.84. The maximum Gasteiger partial charge on any atom is 0.324 e. The van der Waals surface area contributed by atoms with E-state index in [1.165, 1.54) is 5.56 Å². The van der Waals surface area contributed by atoms with Crippen LogP contribution in [0.3, 0.4) is 0 Å². The maximum absolute atomic E-state index is 12.4. The van der Waals surface area contributed by atoms with E-state index in [0.29, 0.717) is 18.3 Å². The molecule has 0 unspecified atom stereocenters. The van der Waals surface area contributed by atoms with E-state index >= 15 is 0 Å². The van der Waals surface area contributed by atoms with Crippen LogP contribution in [0.15, 0.2) is 24.3 Å². The van der Waals surface area contributed by atoms with Gasteiger partial charge in [0.1, 0.15) is 11.6 Å². The predicted molar refractivity (Wildman–Crippen MR) is 112 cm³/mol. The van der Waals surface area contributed by atoms with Gasteiger partial charge in [0.15, 0.2) is 0 Å². The van der Waals surface area contributed by atoms with Crippen LogP contribution < -0.4 is 15.4 Å². The molecule has 1 heterocycles. The third kappa shape index (κ3) is 5.46. The van der Waals surface area contributed by atoms with E-state index in [2.05, 4.69) is 36.4 Å². The normalized spacial score (nSPS) is 10.8. The van der Waals surface area contributed by atoms with Crippen molar-refractivity contribution >= 4 is 17.5 Å². The van der Waals surface area contributed by atoms with Crippen molar-refractivity contribution in [3.8, 4) is 5.75 Å². The number of hydrogen-bond acceptors (Lipinski definition) is 3. The van der Waals surface area contributed by atoms with E-state index in [4.69, 9.17) is 4.74 Å². The van der Waals surface area contributed by atoms with Gasteiger partial charge < -0.3 is 10.1 Å². The first-order valence-electron chi connectivity index (χ1n) is 9.62. The molecule has 1 aromatic carbocycles. The van der Waals surface area contributed by atoms with Crippen molar-refractivity contribution in [1.29, 1.82) is 0 Å². The van der Waals surface area contributed by atoms with Gasteiger partial charge in [-0.25, -0.2) is 9.78 Å². The fraction of sp³-hybridized carbons (Fsp3) is 0.455. The molecular weight excluding hydrogens is 338 g/mol. The molecule has 2 N–H and O–H groups in total. The van der Waals surface area contributed by atoms with Crippen LogP contribution in [0.5, 0.6) is 5.75 Å². The van der Waals surface area contributed by atoms with Crippen LogP contribution in [0.4, 0.5) is 16.3 Å². The first-order chi connectivity index (χ1) is 12.8. The van der Waals surface area contributed by atoms with Gasteiger partial charge in [-0.3, -0.25) is 5.32 Å². The number of aromatic nitrogens is 1. The number of benzene rings is 1. The lowest BCUT2D eigenvalue weighted by atomic mass is 10.0. The number of carbonyl (C=O) groups is 1. The van der Waals surface area contributed by atoms with E-state index < -0.39 is 0 Å². The number of carbonyl (C=O) groups excluding carboxylic acids is 1. The average molecular weight is 370 g/mol. The molecule has 2 aromatic rings. The summed E-state index contributed by atoms with van der Waals surface area (Å²) >= 11 is 0. The van der Waals surface area contributed by atoms with Gasteiger partial charge in [-0.1, -0.05) is 39.3 Å². The Balaban J connectivity index is 2.08. The molecule has 0 fully saturated rings. The first kappa shape index (κ1) is 20.7. The van der Waals surface area contributed by atoms with E-state index in [0.717, 1.165) is 41.1 Å². The number of pyridine rings is 1. The second-order valence-electron chi connectivity index (χ2n) is 7.18. The molecule has 0 aliphatic heterocycles. The summed E-state index contributed by atoms with van der Waals surface area (Å²) in [7, 11) is 0. The molecular formula is C22H31N3O2. The van der Waals surface area contributed by atoms with E-state index in [1.54, 1.807) is 0 Å². The van der Waals surface area contributed by atoms with Crippen molar-refractivity contribution < 1.29 is 9.53 Å². The molecule has 0 radical (unpaired) electrons. The van der Waals surface area contributed by atoms with Crippen molar-refractivity contribution in [2.75, 3.05) is 17.2 Å². The zero-order valence-electron chi connectivity index (χ0n) is 17.3. The number of rotatable bonds is 7. The number of urea groups is 1. The minimum Gasteiger partial charge on any atom is -0.491 e. The van der Waals surface area contributed by atoms with Crippen molar-refractivity contribution in [2.24, 2.45) is 0 Å². The summed E-state index contributed by atoms with van der Waals surface area (Å²) < 4.78 is 5.88. The lowest BCUT2D eigenvalue weighted by Gasteiger charge is -2.17. The van der Waals surface area contributed by atoms with E-state index in [9.17, 15) is 4.79 Å². The van der Waals surface area contributed by atoms with Crippen LogP contribution in [-0.2, 0) is 0 Å². The number of anilines is 2. The highest BCUT2D eigenvalue weighted by molar-refractivity contribution is 5.99. The highest BCUT2D eigenvalue weighted by Gasteiger charge is 2.15. The molecule has 1 aromatic heterocycles. The largest absolute Gasteiger partial charge is 0.491 e. The highest BCUT2D eigenvalue weighted by atomic mass is 16.5. The Morgan fingerprint density at radius 3 is 2.33 bits per heavy atom. The highest BCUT2D eigenvalue weighted by Crippen LogP contribution is 2.29. The van der Waals surface area contributed by atoms with Gasteiger partial charge in [-0.15, -0.1) is 0 Å². The maximum atomic E-state index is 12.4. The second kappa shape index (κ2) is 9.40. The molecule has 2 amide bonds. The van der Waals surface area contributed by atoms with E-state index in [1.807, 2.05) is 45.0 Å². The molecule has 5 heteroatoms. The number of amides is 2. The summed E-state index contributed by atoms with van der Waals surface area (Å²) in [6.07, 6.45) is 2.10. The fourth-order valence-electron chi connectivity index (χ4n) is 2.80. The van der Waals surface area contributed by atoms with Crippen LogP contribution in [0.1, 0.15) is 61.9 Å².